The first kappa shape index (κ1) is 31.0. The fourth-order valence-corrected chi connectivity index (χ4v) is 8.76. The number of nitrogens with zero attached hydrogens (tertiary/aromatic N) is 3. The van der Waals surface area contributed by atoms with Gasteiger partial charge in [0.2, 0.25) is 0 Å². The van der Waals surface area contributed by atoms with E-state index in [1.54, 1.807) is 0 Å². The second kappa shape index (κ2) is 12.1. The van der Waals surface area contributed by atoms with Gasteiger partial charge in [-0.25, -0.2) is 15.0 Å². The molecular formula is C51H31N3O2. The summed E-state index contributed by atoms with van der Waals surface area (Å²) in [6.45, 7) is 0. The predicted molar refractivity (Wildman–Crippen MR) is 227 cm³/mol. The topological polar surface area (TPSA) is 61.0 Å². The molecule has 5 heteroatoms. The van der Waals surface area contributed by atoms with E-state index in [0.29, 0.717) is 17.5 Å². The molecule has 2 aromatic heterocycles. The molecule has 0 bridgehead atoms. The molecule has 8 aromatic carbocycles. The Kier molecular flexibility index (Phi) is 6.69. The molecule has 0 fully saturated rings. The van der Waals surface area contributed by atoms with Gasteiger partial charge in [-0.15, -0.1) is 0 Å². The van der Waals surface area contributed by atoms with Crippen LogP contribution in [0.1, 0.15) is 17.3 Å². The minimum absolute atomic E-state index is 0.0876. The van der Waals surface area contributed by atoms with Crippen molar-refractivity contribution in [3.63, 3.8) is 0 Å². The zero-order valence-electron chi connectivity index (χ0n) is 30.1. The lowest BCUT2D eigenvalue weighted by Crippen LogP contribution is -2.23. The Morgan fingerprint density at radius 1 is 0.464 bits per heavy atom. The smallest absolute Gasteiger partial charge is 0.164 e. The van der Waals surface area contributed by atoms with Crippen molar-refractivity contribution in [1.82, 2.24) is 15.0 Å². The van der Waals surface area contributed by atoms with E-state index >= 15 is 0 Å². The van der Waals surface area contributed by atoms with E-state index in [1.807, 2.05) is 30.3 Å². The Bertz CT molecular complexity index is 3320. The van der Waals surface area contributed by atoms with Crippen molar-refractivity contribution >= 4 is 59.8 Å². The Hall–Kier alpha value is -7.37. The van der Waals surface area contributed by atoms with Gasteiger partial charge in [0.05, 0.1) is 0 Å². The maximum absolute atomic E-state index is 6.59. The van der Waals surface area contributed by atoms with Crippen LogP contribution in [0, 0.1) is 0 Å². The number of hydrogen-bond donors (Lipinski definition) is 0. The van der Waals surface area contributed by atoms with Crippen molar-refractivity contribution in [2.75, 3.05) is 0 Å². The number of para-hydroxylation sites is 2. The van der Waals surface area contributed by atoms with E-state index in [-0.39, 0.29) is 12.0 Å². The van der Waals surface area contributed by atoms with Gasteiger partial charge in [0.1, 0.15) is 23.0 Å². The molecule has 2 aliphatic rings. The maximum atomic E-state index is 6.59. The summed E-state index contributed by atoms with van der Waals surface area (Å²) in [5.74, 6) is 2.85. The third-order valence-electron chi connectivity index (χ3n) is 11.5. The van der Waals surface area contributed by atoms with Gasteiger partial charge in [-0.3, -0.25) is 0 Å². The molecule has 0 amide bonds. The molecule has 0 spiro atoms. The summed E-state index contributed by atoms with van der Waals surface area (Å²) in [5.41, 5.74) is 8.06. The van der Waals surface area contributed by atoms with Crippen molar-refractivity contribution in [3.8, 4) is 39.7 Å². The number of fused-ring (bicyclic) bond motifs is 10. The fourth-order valence-electron chi connectivity index (χ4n) is 8.76. The standard InChI is InChI=1S/C51H31N3O2/c1-2-10-37-30(9-1)19-22-33-29-36(25-26-38(33)37)50-52-49(53-51(54-50)43-15-7-14-41-40-11-3-5-16-44(40)56-48(41)43)35-24-21-31-27-34(23-20-32(31)28-35)39-13-8-18-46-47(39)42-12-4-6-17-45(42)55-46/h1-29,41,48H. The predicted octanol–water partition coefficient (Wildman–Crippen LogP) is 12.7. The summed E-state index contributed by atoms with van der Waals surface area (Å²) in [7, 11) is 0. The number of hydrogen-bond acceptors (Lipinski definition) is 5. The molecule has 5 nitrogen and oxygen atoms in total. The van der Waals surface area contributed by atoms with Crippen LogP contribution in [0.2, 0.25) is 0 Å². The summed E-state index contributed by atoms with van der Waals surface area (Å²) in [6, 6.07) is 55.3. The van der Waals surface area contributed by atoms with Crippen LogP contribution in [0.5, 0.6) is 5.75 Å². The van der Waals surface area contributed by atoms with Crippen molar-refractivity contribution < 1.29 is 9.15 Å². The zero-order chi connectivity index (χ0) is 36.7. The van der Waals surface area contributed by atoms with Crippen molar-refractivity contribution in [2.45, 2.75) is 12.0 Å². The maximum Gasteiger partial charge on any atom is 0.164 e. The Labute approximate surface area is 321 Å². The quantitative estimate of drug-likeness (QED) is 0.170. The first-order valence-corrected chi connectivity index (χ1v) is 19.0. The van der Waals surface area contributed by atoms with Gasteiger partial charge >= 0.3 is 0 Å². The molecule has 56 heavy (non-hydrogen) atoms. The van der Waals surface area contributed by atoms with Crippen molar-refractivity contribution in [2.24, 2.45) is 0 Å². The SMILES string of the molecule is C1=CC2c3ccccc3OC2C(c2nc(-c3ccc4cc(-c5cccc6oc7ccccc7c56)ccc4c3)nc(-c3ccc4c(ccc5ccccc54)c3)n2)=C1. The highest BCUT2D eigenvalue weighted by Crippen LogP contribution is 2.46. The van der Waals surface area contributed by atoms with Crippen molar-refractivity contribution in [3.05, 3.63) is 187 Å². The third-order valence-corrected chi connectivity index (χ3v) is 11.5. The number of rotatable bonds is 4. The van der Waals surface area contributed by atoms with E-state index in [4.69, 9.17) is 24.1 Å². The zero-order valence-corrected chi connectivity index (χ0v) is 30.1. The van der Waals surface area contributed by atoms with Gasteiger partial charge in [-0.1, -0.05) is 140 Å². The molecular weight excluding hydrogens is 687 g/mol. The van der Waals surface area contributed by atoms with E-state index in [1.165, 1.54) is 21.7 Å². The molecule has 3 heterocycles. The van der Waals surface area contributed by atoms with E-state index in [9.17, 15) is 0 Å². The molecule has 262 valence electrons. The average Bonchev–Trinajstić information content (AvgIpc) is 3.84. The number of benzene rings is 8. The van der Waals surface area contributed by atoms with Gasteiger partial charge in [-0.05, 0) is 79.8 Å². The number of allylic oxidation sites excluding steroid dienone is 2. The Balaban J connectivity index is 0.989. The van der Waals surface area contributed by atoms with Crippen LogP contribution in [0.15, 0.2) is 180 Å². The summed E-state index contributed by atoms with van der Waals surface area (Å²) < 4.78 is 12.8. The van der Waals surface area contributed by atoms with E-state index in [2.05, 4.69) is 146 Å². The molecule has 10 aromatic rings. The minimum atomic E-state index is -0.227. The first-order valence-electron chi connectivity index (χ1n) is 19.0. The second-order valence-corrected chi connectivity index (χ2v) is 14.7. The van der Waals surface area contributed by atoms with Gasteiger partial charge in [0.15, 0.2) is 17.5 Å². The van der Waals surface area contributed by atoms with Crippen LogP contribution in [0.3, 0.4) is 0 Å². The summed E-state index contributed by atoms with van der Waals surface area (Å²) in [4.78, 5) is 15.5. The lowest BCUT2D eigenvalue weighted by molar-refractivity contribution is 0.277. The lowest BCUT2D eigenvalue weighted by atomic mass is 9.87. The Morgan fingerprint density at radius 3 is 2.00 bits per heavy atom. The van der Waals surface area contributed by atoms with E-state index < -0.39 is 0 Å². The number of furan rings is 1. The number of ether oxygens (including phenoxy) is 1. The lowest BCUT2D eigenvalue weighted by Gasteiger charge is -2.22. The third kappa shape index (κ3) is 4.84. The minimum Gasteiger partial charge on any atom is -0.484 e. The van der Waals surface area contributed by atoms with Gasteiger partial charge in [0, 0.05) is 39.0 Å². The monoisotopic (exact) mass is 717 g/mol. The average molecular weight is 718 g/mol. The molecule has 12 rings (SSSR count). The molecule has 2 unspecified atom stereocenters. The van der Waals surface area contributed by atoms with Gasteiger partial charge in [0.25, 0.3) is 0 Å². The summed E-state index contributed by atoms with van der Waals surface area (Å²) >= 11 is 0. The summed E-state index contributed by atoms with van der Waals surface area (Å²) in [5, 5.41) is 9.28. The molecule has 1 aliphatic heterocycles. The van der Waals surface area contributed by atoms with Crippen LogP contribution in [0.25, 0.3) is 93.7 Å². The van der Waals surface area contributed by atoms with Gasteiger partial charge in [-0.2, -0.15) is 0 Å². The molecule has 1 aliphatic carbocycles. The normalized spacial score (nSPS) is 16.0. The molecule has 0 saturated carbocycles. The highest BCUT2D eigenvalue weighted by Gasteiger charge is 2.38. The van der Waals surface area contributed by atoms with E-state index in [0.717, 1.165) is 71.7 Å². The summed E-state index contributed by atoms with van der Waals surface area (Å²) in [6.07, 6.45) is 6.18. The van der Waals surface area contributed by atoms with Crippen molar-refractivity contribution in [1.29, 1.82) is 0 Å². The highest BCUT2D eigenvalue weighted by molar-refractivity contribution is 6.13. The second-order valence-electron chi connectivity index (χ2n) is 14.7. The van der Waals surface area contributed by atoms with Crippen LogP contribution in [0.4, 0.5) is 0 Å². The van der Waals surface area contributed by atoms with Crippen LogP contribution < -0.4 is 4.74 Å². The van der Waals surface area contributed by atoms with Gasteiger partial charge < -0.3 is 9.15 Å². The fraction of sp³-hybridized carbons (Fsp3) is 0.0392. The molecule has 0 saturated heterocycles. The first-order chi connectivity index (χ1) is 27.7. The highest BCUT2D eigenvalue weighted by atomic mass is 16.5. The molecule has 2 atom stereocenters. The van der Waals surface area contributed by atoms with Crippen LogP contribution in [-0.4, -0.2) is 21.1 Å². The number of aromatic nitrogens is 3. The molecule has 0 N–H and O–H groups in total. The Morgan fingerprint density at radius 2 is 1.11 bits per heavy atom. The molecule has 0 radical (unpaired) electrons. The van der Waals surface area contributed by atoms with Crippen LogP contribution >= 0.6 is 0 Å². The van der Waals surface area contributed by atoms with Crippen LogP contribution in [-0.2, 0) is 0 Å². The largest absolute Gasteiger partial charge is 0.484 e.